The quantitative estimate of drug-likeness (QED) is 0.470. The highest BCUT2D eigenvalue weighted by Crippen LogP contribution is 1.90. The fraction of sp³-hybridized carbons (Fsp3) is 0.500. The van der Waals surface area contributed by atoms with Gasteiger partial charge in [0.2, 0.25) is 0 Å². The Labute approximate surface area is 88.3 Å². The number of aromatic amines is 1. The van der Waals surface area contributed by atoms with Gasteiger partial charge in [-0.15, -0.1) is 0 Å². The predicted molar refractivity (Wildman–Crippen MR) is 55.5 cm³/mol. The van der Waals surface area contributed by atoms with Crippen molar-refractivity contribution in [3.63, 3.8) is 0 Å². The van der Waals surface area contributed by atoms with Crippen LogP contribution in [0.5, 0.6) is 0 Å². The molecule has 0 spiro atoms. The Morgan fingerprint density at radius 1 is 1.60 bits per heavy atom. The van der Waals surface area contributed by atoms with E-state index in [1.807, 2.05) is 0 Å². The van der Waals surface area contributed by atoms with E-state index in [0.29, 0.717) is 31.8 Å². The van der Waals surface area contributed by atoms with Crippen LogP contribution in [0.3, 0.4) is 0 Å². The molecule has 0 aliphatic carbocycles. The number of imidazole rings is 1. The third kappa shape index (κ3) is 5.07. The maximum Gasteiger partial charge on any atom is 0.154 e. The first-order chi connectivity index (χ1) is 7.33. The lowest BCUT2D eigenvalue weighted by molar-refractivity contribution is -0.117. The second kappa shape index (κ2) is 6.89. The number of unbranched alkanes of at least 4 members (excludes halogenated alkanes) is 1. The van der Waals surface area contributed by atoms with Crippen LogP contribution < -0.4 is 5.32 Å². The topological polar surface area (TPSA) is 74.8 Å². The molecule has 15 heavy (non-hydrogen) atoms. The smallest absolute Gasteiger partial charge is 0.154 e. The Bertz CT molecular complexity index is 296. The summed E-state index contributed by atoms with van der Waals surface area (Å²) in [5.41, 5.74) is 0. The summed E-state index contributed by atoms with van der Waals surface area (Å²) in [5, 5.41) is 2.98. The van der Waals surface area contributed by atoms with Crippen molar-refractivity contribution in [3.8, 4) is 0 Å². The first kappa shape index (κ1) is 11.6. The van der Waals surface area contributed by atoms with E-state index in [0.717, 1.165) is 12.7 Å². The molecule has 1 aromatic heterocycles. The number of H-pyrrole nitrogens is 1. The molecule has 0 fully saturated rings. The highest BCUT2D eigenvalue weighted by Gasteiger charge is 2.04. The fourth-order valence-corrected chi connectivity index (χ4v) is 1.18. The van der Waals surface area contributed by atoms with Gasteiger partial charge in [0.1, 0.15) is 12.1 Å². The highest BCUT2D eigenvalue weighted by atomic mass is 16.1. The van der Waals surface area contributed by atoms with Crippen LogP contribution in [0.1, 0.15) is 18.7 Å². The third-order valence-corrected chi connectivity index (χ3v) is 1.92. The van der Waals surface area contributed by atoms with E-state index in [1.165, 1.54) is 0 Å². The van der Waals surface area contributed by atoms with Crippen LogP contribution in [0, 0.1) is 0 Å². The second-order valence-electron chi connectivity index (χ2n) is 3.24. The minimum absolute atomic E-state index is 0.0936. The SMILES string of the molecule is O=CCCCNCC(=O)Cc1ncc[nH]1. The van der Waals surface area contributed by atoms with E-state index < -0.39 is 0 Å². The van der Waals surface area contributed by atoms with Gasteiger partial charge in [-0.2, -0.15) is 0 Å². The number of nitrogens with zero attached hydrogens (tertiary/aromatic N) is 1. The summed E-state index contributed by atoms with van der Waals surface area (Å²) < 4.78 is 0. The van der Waals surface area contributed by atoms with Crippen LogP contribution >= 0.6 is 0 Å². The minimum atomic E-state index is 0.0936. The molecule has 0 aromatic carbocycles. The number of hydrogen-bond donors (Lipinski definition) is 2. The lowest BCUT2D eigenvalue weighted by Gasteiger charge is -2.01. The molecule has 0 saturated carbocycles. The van der Waals surface area contributed by atoms with Gasteiger partial charge in [0, 0.05) is 18.8 Å². The normalized spacial score (nSPS) is 10.1. The summed E-state index contributed by atoms with van der Waals surface area (Å²) in [5.74, 6) is 0.783. The van der Waals surface area contributed by atoms with E-state index >= 15 is 0 Å². The first-order valence-corrected chi connectivity index (χ1v) is 4.97. The lowest BCUT2D eigenvalue weighted by atomic mass is 10.2. The lowest BCUT2D eigenvalue weighted by Crippen LogP contribution is -2.25. The molecule has 1 aromatic rings. The molecule has 5 nitrogen and oxygen atoms in total. The zero-order valence-electron chi connectivity index (χ0n) is 8.53. The fourth-order valence-electron chi connectivity index (χ4n) is 1.18. The van der Waals surface area contributed by atoms with Crippen LogP contribution in [0.2, 0.25) is 0 Å². The molecule has 0 saturated heterocycles. The van der Waals surface area contributed by atoms with Crippen molar-refractivity contribution in [2.45, 2.75) is 19.3 Å². The van der Waals surface area contributed by atoms with Crippen LogP contribution in [0.4, 0.5) is 0 Å². The monoisotopic (exact) mass is 209 g/mol. The van der Waals surface area contributed by atoms with Gasteiger partial charge >= 0.3 is 0 Å². The molecule has 0 atom stereocenters. The van der Waals surface area contributed by atoms with Gasteiger partial charge in [0.15, 0.2) is 5.78 Å². The molecule has 0 aliphatic rings. The van der Waals surface area contributed by atoms with Crippen molar-refractivity contribution in [3.05, 3.63) is 18.2 Å². The van der Waals surface area contributed by atoms with E-state index in [4.69, 9.17) is 0 Å². The Morgan fingerprint density at radius 3 is 3.13 bits per heavy atom. The summed E-state index contributed by atoms with van der Waals surface area (Å²) in [6, 6.07) is 0. The summed E-state index contributed by atoms with van der Waals surface area (Å²) in [6.45, 7) is 1.03. The van der Waals surface area contributed by atoms with Gasteiger partial charge in [0.05, 0.1) is 13.0 Å². The van der Waals surface area contributed by atoms with E-state index in [2.05, 4.69) is 15.3 Å². The molecule has 1 rings (SSSR count). The Morgan fingerprint density at radius 2 is 2.47 bits per heavy atom. The van der Waals surface area contributed by atoms with Crippen LogP contribution in [-0.4, -0.2) is 35.1 Å². The molecule has 2 N–H and O–H groups in total. The van der Waals surface area contributed by atoms with Crippen LogP contribution in [-0.2, 0) is 16.0 Å². The number of Topliss-reactive ketones (excluding diaryl/α,β-unsaturated/α-hetero) is 1. The Balaban J connectivity index is 2.06. The summed E-state index contributed by atoms with van der Waals surface area (Å²) in [4.78, 5) is 28.2. The summed E-state index contributed by atoms with van der Waals surface area (Å²) in [6.07, 6.45) is 5.84. The van der Waals surface area contributed by atoms with Gasteiger partial charge in [0.25, 0.3) is 0 Å². The van der Waals surface area contributed by atoms with Gasteiger partial charge in [-0.1, -0.05) is 0 Å². The van der Waals surface area contributed by atoms with E-state index in [9.17, 15) is 9.59 Å². The molecule has 0 aliphatic heterocycles. The van der Waals surface area contributed by atoms with Gasteiger partial charge < -0.3 is 15.1 Å². The average molecular weight is 209 g/mol. The zero-order valence-corrected chi connectivity index (χ0v) is 8.53. The average Bonchev–Trinajstić information content (AvgIpc) is 2.70. The molecule has 1 heterocycles. The summed E-state index contributed by atoms with van der Waals surface area (Å²) >= 11 is 0. The maximum absolute atomic E-state index is 11.4. The second-order valence-corrected chi connectivity index (χ2v) is 3.24. The number of aromatic nitrogens is 2. The largest absolute Gasteiger partial charge is 0.348 e. The van der Waals surface area contributed by atoms with Gasteiger partial charge in [-0.05, 0) is 13.0 Å². The van der Waals surface area contributed by atoms with Crippen LogP contribution in [0.15, 0.2) is 12.4 Å². The predicted octanol–water partition coefficient (Wildman–Crippen LogP) is 0.0900. The molecule has 5 heteroatoms. The maximum atomic E-state index is 11.4. The number of carbonyl (C=O) groups is 2. The Kier molecular flexibility index (Phi) is 5.32. The first-order valence-electron chi connectivity index (χ1n) is 4.97. The third-order valence-electron chi connectivity index (χ3n) is 1.92. The molecule has 82 valence electrons. The number of ketones is 1. The van der Waals surface area contributed by atoms with Crippen molar-refractivity contribution in [2.24, 2.45) is 0 Å². The van der Waals surface area contributed by atoms with E-state index in [-0.39, 0.29) is 5.78 Å². The number of rotatable bonds is 8. The van der Waals surface area contributed by atoms with Crippen LogP contribution in [0.25, 0.3) is 0 Å². The molecule has 0 radical (unpaired) electrons. The molecule has 0 amide bonds. The van der Waals surface area contributed by atoms with Crippen molar-refractivity contribution < 1.29 is 9.59 Å². The van der Waals surface area contributed by atoms with Crippen molar-refractivity contribution >= 4 is 12.1 Å². The number of aldehydes is 1. The Hall–Kier alpha value is -1.49. The zero-order chi connectivity index (χ0) is 10.9. The molecular formula is C10H15N3O2. The number of carbonyl (C=O) groups excluding carboxylic acids is 2. The number of hydrogen-bond acceptors (Lipinski definition) is 4. The van der Waals surface area contributed by atoms with Crippen molar-refractivity contribution in [2.75, 3.05) is 13.1 Å². The van der Waals surface area contributed by atoms with Crippen molar-refractivity contribution in [1.82, 2.24) is 15.3 Å². The molecule has 0 bridgehead atoms. The van der Waals surface area contributed by atoms with Gasteiger partial charge in [-0.25, -0.2) is 4.98 Å². The summed E-state index contributed by atoms with van der Waals surface area (Å²) in [7, 11) is 0. The number of nitrogens with one attached hydrogen (secondary N) is 2. The van der Waals surface area contributed by atoms with Crippen molar-refractivity contribution in [1.29, 1.82) is 0 Å². The molecular weight excluding hydrogens is 194 g/mol. The van der Waals surface area contributed by atoms with Gasteiger partial charge in [-0.3, -0.25) is 4.79 Å². The highest BCUT2D eigenvalue weighted by molar-refractivity contribution is 5.82. The minimum Gasteiger partial charge on any atom is -0.348 e. The molecule has 0 unspecified atom stereocenters. The standard InChI is InChI=1S/C10H15N3O2/c14-6-2-1-3-11-8-9(15)7-10-12-4-5-13-10/h4-6,11H,1-3,7-8H2,(H,12,13). The van der Waals surface area contributed by atoms with E-state index in [1.54, 1.807) is 12.4 Å².